The van der Waals surface area contributed by atoms with Gasteiger partial charge in [0.25, 0.3) is 0 Å². The summed E-state index contributed by atoms with van der Waals surface area (Å²) < 4.78 is 5.34. The Balaban J connectivity index is 2.16. The molecule has 3 aromatic rings. The minimum Gasteiger partial charge on any atom is -0.496 e. The number of hydrogen-bond donors (Lipinski definition) is 2. The molecule has 6 heteroatoms. The zero-order valence-electron chi connectivity index (χ0n) is 9.71. The molecule has 0 aliphatic rings. The molecule has 6 nitrogen and oxygen atoms in total. The van der Waals surface area contributed by atoms with E-state index in [0.717, 1.165) is 22.3 Å². The van der Waals surface area contributed by atoms with Gasteiger partial charge in [0.05, 0.1) is 29.9 Å². The summed E-state index contributed by atoms with van der Waals surface area (Å²) in [5.74, 6) is 1.43. The van der Waals surface area contributed by atoms with Gasteiger partial charge in [-0.2, -0.15) is 5.10 Å². The first-order chi connectivity index (χ1) is 8.88. The zero-order chi connectivity index (χ0) is 12.4. The predicted molar refractivity (Wildman–Crippen MR) is 68.0 cm³/mol. The van der Waals surface area contributed by atoms with Crippen molar-refractivity contribution < 1.29 is 4.74 Å². The van der Waals surface area contributed by atoms with Crippen molar-refractivity contribution in [2.24, 2.45) is 0 Å². The summed E-state index contributed by atoms with van der Waals surface area (Å²) >= 11 is 0. The SMILES string of the molecule is COc1cccc2ncnc(Nc3cn[nH]c3)c12. The number of anilines is 2. The van der Waals surface area contributed by atoms with Crippen molar-refractivity contribution in [2.75, 3.05) is 12.4 Å². The van der Waals surface area contributed by atoms with Crippen LogP contribution in [0.1, 0.15) is 0 Å². The smallest absolute Gasteiger partial charge is 0.145 e. The number of nitrogens with zero attached hydrogens (tertiary/aromatic N) is 3. The van der Waals surface area contributed by atoms with Crippen LogP contribution in [-0.2, 0) is 0 Å². The normalized spacial score (nSPS) is 10.5. The van der Waals surface area contributed by atoms with Crippen LogP contribution in [-0.4, -0.2) is 27.3 Å². The Kier molecular flexibility index (Phi) is 2.53. The topological polar surface area (TPSA) is 75.7 Å². The average molecular weight is 241 g/mol. The Hall–Kier alpha value is -2.63. The second-order valence-electron chi connectivity index (χ2n) is 3.69. The van der Waals surface area contributed by atoms with Gasteiger partial charge in [0.2, 0.25) is 0 Å². The molecule has 90 valence electrons. The van der Waals surface area contributed by atoms with E-state index in [9.17, 15) is 0 Å². The summed E-state index contributed by atoms with van der Waals surface area (Å²) in [6, 6.07) is 5.70. The van der Waals surface area contributed by atoms with Crippen LogP contribution in [0.25, 0.3) is 10.9 Å². The van der Waals surface area contributed by atoms with Gasteiger partial charge in [0, 0.05) is 6.20 Å². The zero-order valence-corrected chi connectivity index (χ0v) is 9.71. The van der Waals surface area contributed by atoms with Gasteiger partial charge < -0.3 is 10.1 Å². The van der Waals surface area contributed by atoms with Crippen LogP contribution >= 0.6 is 0 Å². The van der Waals surface area contributed by atoms with Crippen molar-refractivity contribution in [3.05, 3.63) is 36.9 Å². The molecule has 2 N–H and O–H groups in total. The highest BCUT2D eigenvalue weighted by Crippen LogP contribution is 2.30. The summed E-state index contributed by atoms with van der Waals surface area (Å²) in [5.41, 5.74) is 1.66. The Bertz CT molecular complexity index is 660. The Morgan fingerprint density at radius 2 is 2.22 bits per heavy atom. The summed E-state index contributed by atoms with van der Waals surface area (Å²) in [6.45, 7) is 0. The van der Waals surface area contributed by atoms with Gasteiger partial charge >= 0.3 is 0 Å². The summed E-state index contributed by atoms with van der Waals surface area (Å²) in [6.07, 6.45) is 4.96. The first-order valence-electron chi connectivity index (χ1n) is 5.42. The molecular formula is C12H11N5O. The monoisotopic (exact) mass is 241 g/mol. The van der Waals surface area contributed by atoms with Crippen LogP contribution in [0, 0.1) is 0 Å². The lowest BCUT2D eigenvalue weighted by Crippen LogP contribution is -1.97. The Morgan fingerprint density at radius 1 is 1.28 bits per heavy atom. The summed E-state index contributed by atoms with van der Waals surface area (Å²) in [4.78, 5) is 8.47. The van der Waals surface area contributed by atoms with E-state index < -0.39 is 0 Å². The molecule has 2 aromatic heterocycles. The summed E-state index contributed by atoms with van der Waals surface area (Å²) in [7, 11) is 1.63. The average Bonchev–Trinajstić information content (AvgIpc) is 2.91. The highest BCUT2D eigenvalue weighted by atomic mass is 16.5. The number of ether oxygens (including phenoxy) is 1. The van der Waals surface area contributed by atoms with Gasteiger partial charge in [0.1, 0.15) is 17.9 Å². The van der Waals surface area contributed by atoms with Gasteiger partial charge in [0.15, 0.2) is 0 Å². The molecule has 0 radical (unpaired) electrons. The number of methoxy groups -OCH3 is 1. The summed E-state index contributed by atoms with van der Waals surface area (Å²) in [5, 5.41) is 10.6. The van der Waals surface area contributed by atoms with Gasteiger partial charge in [-0.15, -0.1) is 0 Å². The lowest BCUT2D eigenvalue weighted by Gasteiger charge is -2.09. The third-order valence-corrected chi connectivity index (χ3v) is 2.61. The predicted octanol–water partition coefficient (Wildman–Crippen LogP) is 2.11. The van der Waals surface area contributed by atoms with Gasteiger partial charge in [-0.3, -0.25) is 5.10 Å². The number of rotatable bonds is 3. The van der Waals surface area contributed by atoms with Crippen LogP contribution in [0.4, 0.5) is 11.5 Å². The van der Waals surface area contributed by atoms with Crippen molar-refractivity contribution in [1.29, 1.82) is 0 Å². The van der Waals surface area contributed by atoms with E-state index in [1.54, 1.807) is 19.5 Å². The molecule has 0 unspecified atom stereocenters. The minimum absolute atomic E-state index is 0.693. The highest BCUT2D eigenvalue weighted by molar-refractivity contribution is 5.95. The molecule has 1 aromatic carbocycles. The third kappa shape index (κ3) is 1.73. The van der Waals surface area contributed by atoms with Crippen LogP contribution in [0.2, 0.25) is 0 Å². The molecule has 3 rings (SSSR count). The molecule has 0 aliphatic heterocycles. The van der Waals surface area contributed by atoms with Crippen LogP contribution < -0.4 is 10.1 Å². The van der Waals surface area contributed by atoms with Crippen molar-refractivity contribution >= 4 is 22.4 Å². The molecule has 0 fully saturated rings. The number of aromatic amines is 1. The molecule has 0 saturated heterocycles. The molecule has 0 atom stereocenters. The molecule has 0 amide bonds. The van der Waals surface area contributed by atoms with E-state index in [-0.39, 0.29) is 0 Å². The van der Waals surface area contributed by atoms with E-state index in [2.05, 4.69) is 25.5 Å². The standard InChI is InChI=1S/C12H11N5O/c1-18-10-4-2-3-9-11(10)12(14-7-13-9)17-8-5-15-16-6-8/h2-7H,1H3,(H,15,16)(H,13,14,17). The second-order valence-corrected chi connectivity index (χ2v) is 3.69. The Morgan fingerprint density at radius 3 is 3.00 bits per heavy atom. The number of aromatic nitrogens is 4. The number of H-pyrrole nitrogens is 1. The van der Waals surface area contributed by atoms with E-state index >= 15 is 0 Å². The third-order valence-electron chi connectivity index (χ3n) is 2.61. The molecular weight excluding hydrogens is 230 g/mol. The van der Waals surface area contributed by atoms with Crippen molar-refractivity contribution in [3.8, 4) is 5.75 Å². The highest BCUT2D eigenvalue weighted by Gasteiger charge is 2.09. The maximum absolute atomic E-state index is 5.34. The second kappa shape index (κ2) is 4.33. The lowest BCUT2D eigenvalue weighted by atomic mass is 10.2. The largest absolute Gasteiger partial charge is 0.496 e. The van der Waals surface area contributed by atoms with Crippen molar-refractivity contribution in [3.63, 3.8) is 0 Å². The molecule has 18 heavy (non-hydrogen) atoms. The van der Waals surface area contributed by atoms with Crippen molar-refractivity contribution in [1.82, 2.24) is 20.2 Å². The maximum Gasteiger partial charge on any atom is 0.145 e. The van der Waals surface area contributed by atoms with E-state index in [4.69, 9.17) is 4.74 Å². The number of nitrogens with one attached hydrogen (secondary N) is 2. The molecule has 0 aliphatic carbocycles. The fourth-order valence-electron chi connectivity index (χ4n) is 1.80. The van der Waals surface area contributed by atoms with Crippen LogP contribution in [0.5, 0.6) is 5.75 Å². The molecule has 0 spiro atoms. The molecule has 2 heterocycles. The molecule has 0 saturated carbocycles. The van der Waals surface area contributed by atoms with Crippen LogP contribution in [0.15, 0.2) is 36.9 Å². The number of benzene rings is 1. The maximum atomic E-state index is 5.34. The van der Waals surface area contributed by atoms with E-state index in [1.807, 2.05) is 18.2 Å². The van der Waals surface area contributed by atoms with E-state index in [0.29, 0.717) is 5.82 Å². The fourth-order valence-corrected chi connectivity index (χ4v) is 1.80. The van der Waals surface area contributed by atoms with Gasteiger partial charge in [-0.25, -0.2) is 9.97 Å². The minimum atomic E-state index is 0.693. The number of fused-ring (bicyclic) bond motifs is 1. The lowest BCUT2D eigenvalue weighted by molar-refractivity contribution is 0.420. The quantitative estimate of drug-likeness (QED) is 0.734. The number of hydrogen-bond acceptors (Lipinski definition) is 5. The first kappa shape index (κ1) is 10.5. The van der Waals surface area contributed by atoms with Crippen LogP contribution in [0.3, 0.4) is 0 Å². The van der Waals surface area contributed by atoms with Crippen molar-refractivity contribution in [2.45, 2.75) is 0 Å². The van der Waals surface area contributed by atoms with Gasteiger partial charge in [-0.1, -0.05) is 6.07 Å². The first-order valence-corrected chi connectivity index (χ1v) is 5.42. The fraction of sp³-hybridized carbons (Fsp3) is 0.0833. The molecule has 0 bridgehead atoms. The Labute approximate surface area is 103 Å². The van der Waals surface area contributed by atoms with E-state index in [1.165, 1.54) is 6.33 Å². The van der Waals surface area contributed by atoms with Gasteiger partial charge in [-0.05, 0) is 12.1 Å².